The van der Waals surface area contributed by atoms with E-state index in [1.54, 1.807) is 4.31 Å². The molecule has 0 unspecified atom stereocenters. The highest BCUT2D eigenvalue weighted by Gasteiger charge is 2.57. The van der Waals surface area contributed by atoms with Gasteiger partial charge < -0.3 is 4.90 Å². The summed E-state index contributed by atoms with van der Waals surface area (Å²) in [6, 6.07) is 8.74. The predicted octanol–water partition coefficient (Wildman–Crippen LogP) is 2.42. The van der Waals surface area contributed by atoms with E-state index in [2.05, 4.69) is 43.0 Å². The van der Waals surface area contributed by atoms with E-state index in [1.165, 1.54) is 11.3 Å². The summed E-state index contributed by atoms with van der Waals surface area (Å²) in [7, 11) is -2.96. The van der Waals surface area contributed by atoms with Crippen molar-refractivity contribution in [2.45, 2.75) is 37.9 Å². The third kappa shape index (κ3) is 2.26. The zero-order valence-electron chi connectivity index (χ0n) is 13.3. The zero-order chi connectivity index (χ0) is 15.5. The summed E-state index contributed by atoms with van der Waals surface area (Å²) in [5, 5.41) is -0.0660. The molecule has 2 heterocycles. The fourth-order valence-electron chi connectivity index (χ4n) is 3.69. The van der Waals surface area contributed by atoms with E-state index in [0.29, 0.717) is 5.92 Å². The van der Waals surface area contributed by atoms with Crippen LogP contribution in [0, 0.1) is 5.41 Å². The summed E-state index contributed by atoms with van der Waals surface area (Å²) in [4.78, 5) is 2.38. The summed E-state index contributed by atoms with van der Waals surface area (Å²) in [6.07, 6.45) is 1.72. The maximum absolute atomic E-state index is 12.2. The summed E-state index contributed by atoms with van der Waals surface area (Å²) >= 11 is 0. The van der Waals surface area contributed by atoms with Crippen LogP contribution in [0.1, 0.15) is 38.2 Å². The molecule has 2 aliphatic heterocycles. The molecule has 2 saturated heterocycles. The first-order chi connectivity index (χ1) is 10.4. The molecule has 1 aromatic rings. The lowest BCUT2D eigenvalue weighted by molar-refractivity contribution is 0.0393. The van der Waals surface area contributed by atoms with Gasteiger partial charge in [0, 0.05) is 37.3 Å². The quantitative estimate of drug-likeness (QED) is 0.855. The number of sulfonamides is 1. The van der Waals surface area contributed by atoms with E-state index in [1.807, 2.05) is 0 Å². The van der Waals surface area contributed by atoms with Crippen LogP contribution in [0.2, 0.25) is 0 Å². The van der Waals surface area contributed by atoms with Gasteiger partial charge in [0.1, 0.15) is 0 Å². The number of nitrogens with zero attached hydrogens (tertiary/aromatic N) is 2. The average molecular weight is 320 g/mol. The maximum atomic E-state index is 12.2. The molecule has 0 amide bonds. The van der Waals surface area contributed by atoms with E-state index in [-0.39, 0.29) is 10.7 Å². The average Bonchev–Trinajstić information content (AvgIpc) is 3.20. The second-order valence-electron chi connectivity index (χ2n) is 7.62. The second-order valence-corrected chi connectivity index (χ2v) is 9.83. The van der Waals surface area contributed by atoms with Gasteiger partial charge in [-0.25, -0.2) is 12.7 Å². The van der Waals surface area contributed by atoms with Gasteiger partial charge in [-0.1, -0.05) is 26.0 Å². The highest BCUT2D eigenvalue weighted by Crippen LogP contribution is 2.45. The van der Waals surface area contributed by atoms with Gasteiger partial charge in [-0.15, -0.1) is 0 Å². The monoisotopic (exact) mass is 320 g/mol. The zero-order valence-corrected chi connectivity index (χ0v) is 14.1. The van der Waals surface area contributed by atoms with Crippen LogP contribution in [0.15, 0.2) is 24.3 Å². The first-order valence-corrected chi connectivity index (χ1v) is 9.74. The maximum Gasteiger partial charge on any atom is 0.217 e. The fourth-order valence-corrected chi connectivity index (χ4v) is 5.75. The Morgan fingerprint density at radius 3 is 2.41 bits per heavy atom. The van der Waals surface area contributed by atoms with Crippen molar-refractivity contribution in [3.63, 3.8) is 0 Å². The first-order valence-electron chi connectivity index (χ1n) is 8.24. The Hall–Kier alpha value is -1.07. The number of rotatable bonds is 4. The predicted molar refractivity (Wildman–Crippen MR) is 88.7 cm³/mol. The normalized spacial score (nSPS) is 24.4. The minimum absolute atomic E-state index is 0.0660. The number of benzene rings is 1. The van der Waals surface area contributed by atoms with Gasteiger partial charge in [0.2, 0.25) is 10.0 Å². The molecule has 22 heavy (non-hydrogen) atoms. The first kappa shape index (κ1) is 14.5. The summed E-state index contributed by atoms with van der Waals surface area (Å²) in [5.74, 6) is 0.540. The highest BCUT2D eigenvalue weighted by atomic mass is 32.2. The lowest BCUT2D eigenvalue weighted by atomic mass is 9.74. The van der Waals surface area contributed by atoms with Crippen LogP contribution >= 0.6 is 0 Å². The third-order valence-electron chi connectivity index (χ3n) is 5.28. The lowest BCUT2D eigenvalue weighted by Crippen LogP contribution is -2.73. The lowest BCUT2D eigenvalue weighted by Gasteiger charge is -2.60. The molecule has 5 heteroatoms. The van der Waals surface area contributed by atoms with Crippen molar-refractivity contribution in [3.05, 3.63) is 29.8 Å². The van der Waals surface area contributed by atoms with E-state index >= 15 is 0 Å². The van der Waals surface area contributed by atoms with Gasteiger partial charge in [0.05, 0.1) is 5.25 Å². The van der Waals surface area contributed by atoms with Crippen molar-refractivity contribution in [1.82, 2.24) is 4.31 Å². The topological polar surface area (TPSA) is 40.6 Å². The Kier molecular flexibility index (Phi) is 3.11. The van der Waals surface area contributed by atoms with Crippen molar-refractivity contribution < 1.29 is 8.42 Å². The van der Waals surface area contributed by atoms with E-state index in [0.717, 1.165) is 39.0 Å². The number of anilines is 1. The van der Waals surface area contributed by atoms with E-state index < -0.39 is 10.0 Å². The van der Waals surface area contributed by atoms with Gasteiger partial charge in [0.25, 0.3) is 0 Å². The van der Waals surface area contributed by atoms with Crippen LogP contribution in [0.4, 0.5) is 5.69 Å². The Morgan fingerprint density at radius 1 is 1.14 bits per heavy atom. The van der Waals surface area contributed by atoms with Crippen molar-refractivity contribution in [2.24, 2.45) is 5.41 Å². The molecule has 120 valence electrons. The molecule has 1 aliphatic carbocycles. The summed E-state index contributed by atoms with van der Waals surface area (Å²) in [5.41, 5.74) is 2.86. The molecule has 4 nitrogen and oxygen atoms in total. The van der Waals surface area contributed by atoms with Gasteiger partial charge in [-0.05, 0) is 36.5 Å². The molecule has 0 aromatic heterocycles. The van der Waals surface area contributed by atoms with Crippen LogP contribution in [0.3, 0.4) is 0 Å². The van der Waals surface area contributed by atoms with Crippen LogP contribution in [0.5, 0.6) is 0 Å². The summed E-state index contributed by atoms with van der Waals surface area (Å²) in [6.45, 7) is 7.86. The third-order valence-corrected chi connectivity index (χ3v) is 7.58. The second kappa shape index (κ2) is 4.71. The van der Waals surface area contributed by atoms with Crippen molar-refractivity contribution >= 4 is 15.7 Å². The van der Waals surface area contributed by atoms with Gasteiger partial charge in [0.15, 0.2) is 0 Å². The molecular weight excluding hydrogens is 296 g/mol. The van der Waals surface area contributed by atoms with Crippen LogP contribution < -0.4 is 4.90 Å². The van der Waals surface area contributed by atoms with Crippen LogP contribution in [-0.4, -0.2) is 44.2 Å². The standard InChI is InChI=1S/C17H24N2O2S/c1-13(2)14-4-3-5-15(8-14)18-9-17(10-18)11-19(12-17)22(20,21)16-6-7-16/h3-5,8,13,16H,6-7,9-12H2,1-2H3. The summed E-state index contributed by atoms with van der Waals surface area (Å²) < 4.78 is 26.1. The van der Waals surface area contributed by atoms with Crippen molar-refractivity contribution in [1.29, 1.82) is 0 Å². The van der Waals surface area contributed by atoms with E-state index in [9.17, 15) is 8.42 Å². The highest BCUT2D eigenvalue weighted by molar-refractivity contribution is 7.90. The largest absolute Gasteiger partial charge is 0.370 e. The van der Waals surface area contributed by atoms with E-state index in [4.69, 9.17) is 0 Å². The Balaban J connectivity index is 1.38. The number of hydrogen-bond acceptors (Lipinski definition) is 3. The smallest absolute Gasteiger partial charge is 0.217 e. The molecule has 3 fully saturated rings. The molecule has 0 radical (unpaired) electrons. The minimum Gasteiger partial charge on any atom is -0.370 e. The SMILES string of the molecule is CC(C)c1cccc(N2CC3(C2)CN(S(=O)(=O)C2CC2)C3)c1. The number of hydrogen-bond donors (Lipinski definition) is 0. The van der Waals surface area contributed by atoms with Gasteiger partial charge in [-0.3, -0.25) is 0 Å². The van der Waals surface area contributed by atoms with Gasteiger partial charge in [-0.2, -0.15) is 0 Å². The Morgan fingerprint density at radius 2 is 1.82 bits per heavy atom. The van der Waals surface area contributed by atoms with Crippen molar-refractivity contribution in [3.8, 4) is 0 Å². The van der Waals surface area contributed by atoms with Crippen LogP contribution in [0.25, 0.3) is 0 Å². The fraction of sp³-hybridized carbons (Fsp3) is 0.647. The molecule has 1 aromatic carbocycles. The Labute approximate surface area is 133 Å². The Bertz CT molecular complexity index is 680. The molecule has 0 bridgehead atoms. The van der Waals surface area contributed by atoms with Gasteiger partial charge >= 0.3 is 0 Å². The molecular formula is C17H24N2O2S. The molecule has 4 rings (SSSR count). The molecule has 0 N–H and O–H groups in total. The van der Waals surface area contributed by atoms with Crippen LogP contribution in [-0.2, 0) is 10.0 Å². The molecule has 1 saturated carbocycles. The molecule has 3 aliphatic rings. The van der Waals surface area contributed by atoms with Crippen molar-refractivity contribution in [2.75, 3.05) is 31.1 Å². The molecule has 0 atom stereocenters. The minimum atomic E-state index is -2.96. The molecule has 1 spiro atoms.